The molecule has 3 atom stereocenters. The molecule has 0 aliphatic heterocycles. The van der Waals surface area contributed by atoms with E-state index < -0.39 is 6.10 Å². The predicted molar refractivity (Wildman–Crippen MR) is 90.2 cm³/mol. The maximum absolute atomic E-state index is 12.0. The SMILES string of the molecule is CCC(C)C(=O)OCC(COC(=O)C(C)CC)OC(=O)C(C)CC. The first-order valence-electron chi connectivity index (χ1n) is 8.80. The quantitative estimate of drug-likeness (QED) is 0.423. The van der Waals surface area contributed by atoms with Gasteiger partial charge in [0.05, 0.1) is 17.8 Å². The van der Waals surface area contributed by atoms with Crippen LogP contribution in [0.4, 0.5) is 0 Å². The summed E-state index contributed by atoms with van der Waals surface area (Å²) >= 11 is 0. The minimum absolute atomic E-state index is 0.112. The number of ether oxygens (including phenoxy) is 3. The molecule has 140 valence electrons. The van der Waals surface area contributed by atoms with Crippen molar-refractivity contribution in [1.29, 1.82) is 0 Å². The van der Waals surface area contributed by atoms with Gasteiger partial charge in [-0.15, -0.1) is 0 Å². The molecule has 6 heteroatoms. The fourth-order valence-electron chi connectivity index (χ4n) is 1.53. The largest absolute Gasteiger partial charge is 0.461 e. The van der Waals surface area contributed by atoms with Crippen LogP contribution in [0.25, 0.3) is 0 Å². The Morgan fingerprint density at radius 3 is 1.33 bits per heavy atom. The third-order valence-electron chi connectivity index (χ3n) is 4.15. The molecule has 0 aromatic heterocycles. The summed E-state index contributed by atoms with van der Waals surface area (Å²) in [5.41, 5.74) is 0. The molecule has 0 amide bonds. The second-order valence-electron chi connectivity index (χ2n) is 6.25. The maximum Gasteiger partial charge on any atom is 0.309 e. The van der Waals surface area contributed by atoms with Crippen LogP contribution in [0.5, 0.6) is 0 Å². The van der Waals surface area contributed by atoms with Crippen LogP contribution in [0, 0.1) is 17.8 Å². The molecule has 0 fully saturated rings. The lowest BCUT2D eigenvalue weighted by Crippen LogP contribution is -2.34. The van der Waals surface area contributed by atoms with Crippen LogP contribution in [-0.2, 0) is 28.6 Å². The third-order valence-corrected chi connectivity index (χ3v) is 4.15. The Hall–Kier alpha value is -1.59. The second kappa shape index (κ2) is 11.9. The molecule has 0 aliphatic carbocycles. The van der Waals surface area contributed by atoms with Crippen molar-refractivity contribution in [2.75, 3.05) is 13.2 Å². The van der Waals surface area contributed by atoms with Crippen molar-refractivity contribution in [3.8, 4) is 0 Å². The molecule has 3 unspecified atom stereocenters. The predicted octanol–water partition coefficient (Wildman–Crippen LogP) is 3.12. The fraction of sp³-hybridized carbons (Fsp3) is 0.833. The van der Waals surface area contributed by atoms with E-state index in [1.54, 1.807) is 20.8 Å². The van der Waals surface area contributed by atoms with Gasteiger partial charge in [0.25, 0.3) is 0 Å². The fourth-order valence-corrected chi connectivity index (χ4v) is 1.53. The standard InChI is InChI=1S/C18H32O6/c1-7-12(4)16(19)22-10-15(24-18(21)14(6)9-3)11-23-17(20)13(5)8-2/h12-15H,7-11H2,1-6H3. The number of hydrogen-bond acceptors (Lipinski definition) is 6. The minimum atomic E-state index is -0.785. The van der Waals surface area contributed by atoms with Crippen molar-refractivity contribution >= 4 is 17.9 Å². The van der Waals surface area contributed by atoms with E-state index in [-0.39, 0.29) is 48.9 Å². The molecule has 0 N–H and O–H groups in total. The highest BCUT2D eigenvalue weighted by Crippen LogP contribution is 2.10. The molecule has 0 radical (unpaired) electrons. The zero-order valence-electron chi connectivity index (χ0n) is 15.8. The smallest absolute Gasteiger partial charge is 0.309 e. The van der Waals surface area contributed by atoms with Crippen LogP contribution < -0.4 is 0 Å². The van der Waals surface area contributed by atoms with Gasteiger partial charge in [-0.25, -0.2) is 0 Å². The van der Waals surface area contributed by atoms with Gasteiger partial charge in [-0.05, 0) is 19.3 Å². The van der Waals surface area contributed by atoms with Crippen molar-refractivity contribution in [3.63, 3.8) is 0 Å². The summed E-state index contributed by atoms with van der Waals surface area (Å²) in [7, 11) is 0. The molecule has 6 nitrogen and oxygen atoms in total. The van der Waals surface area contributed by atoms with E-state index in [9.17, 15) is 14.4 Å². The van der Waals surface area contributed by atoms with Crippen LogP contribution in [0.3, 0.4) is 0 Å². The topological polar surface area (TPSA) is 78.9 Å². The number of hydrogen-bond donors (Lipinski definition) is 0. The van der Waals surface area contributed by atoms with Crippen LogP contribution >= 0.6 is 0 Å². The van der Waals surface area contributed by atoms with Gasteiger partial charge in [0.1, 0.15) is 13.2 Å². The summed E-state index contributed by atoms with van der Waals surface area (Å²) in [6, 6.07) is 0. The Morgan fingerprint density at radius 1 is 0.667 bits per heavy atom. The summed E-state index contributed by atoms with van der Waals surface area (Å²) < 4.78 is 15.7. The first-order chi connectivity index (χ1) is 11.3. The van der Waals surface area contributed by atoms with Crippen LogP contribution in [0.1, 0.15) is 60.8 Å². The molecule has 0 aromatic carbocycles. The van der Waals surface area contributed by atoms with E-state index in [4.69, 9.17) is 14.2 Å². The van der Waals surface area contributed by atoms with Crippen molar-refractivity contribution in [2.24, 2.45) is 17.8 Å². The first kappa shape index (κ1) is 22.4. The average Bonchev–Trinajstić information content (AvgIpc) is 2.60. The molecule has 0 aliphatic rings. The number of carbonyl (C=O) groups excluding carboxylic acids is 3. The third kappa shape index (κ3) is 8.31. The molecular weight excluding hydrogens is 312 g/mol. The molecular formula is C18H32O6. The number of rotatable bonds is 11. The monoisotopic (exact) mass is 344 g/mol. The normalized spacial score (nSPS) is 15.8. The van der Waals surface area contributed by atoms with Crippen LogP contribution in [0.15, 0.2) is 0 Å². The summed E-state index contributed by atoms with van der Waals surface area (Å²) in [5, 5.41) is 0. The summed E-state index contributed by atoms with van der Waals surface area (Å²) in [6.07, 6.45) is 1.19. The lowest BCUT2D eigenvalue weighted by molar-refractivity contribution is -0.171. The Morgan fingerprint density at radius 2 is 1.00 bits per heavy atom. The molecule has 0 spiro atoms. The molecule has 0 rings (SSSR count). The van der Waals surface area contributed by atoms with Crippen molar-refractivity contribution in [2.45, 2.75) is 66.9 Å². The van der Waals surface area contributed by atoms with Gasteiger partial charge < -0.3 is 14.2 Å². The Kier molecular flexibility index (Phi) is 11.1. The van der Waals surface area contributed by atoms with E-state index in [1.165, 1.54) is 0 Å². The van der Waals surface area contributed by atoms with Crippen molar-refractivity contribution in [3.05, 3.63) is 0 Å². The highest BCUT2D eigenvalue weighted by Gasteiger charge is 2.24. The van der Waals surface area contributed by atoms with Gasteiger partial charge >= 0.3 is 17.9 Å². The zero-order chi connectivity index (χ0) is 18.7. The lowest BCUT2D eigenvalue weighted by Gasteiger charge is -2.21. The molecule has 0 saturated carbocycles. The van der Waals surface area contributed by atoms with E-state index >= 15 is 0 Å². The zero-order valence-corrected chi connectivity index (χ0v) is 15.8. The maximum atomic E-state index is 12.0. The molecule has 0 aromatic rings. The van der Waals surface area contributed by atoms with Gasteiger partial charge in [-0.3, -0.25) is 14.4 Å². The summed E-state index contributed by atoms with van der Waals surface area (Å²) in [5.74, 6) is -1.80. The van der Waals surface area contributed by atoms with Gasteiger partial charge in [-0.2, -0.15) is 0 Å². The molecule has 24 heavy (non-hydrogen) atoms. The molecule has 0 bridgehead atoms. The Balaban J connectivity index is 4.67. The molecule has 0 saturated heterocycles. The van der Waals surface area contributed by atoms with Gasteiger partial charge in [0.2, 0.25) is 0 Å². The number of carbonyl (C=O) groups is 3. The van der Waals surface area contributed by atoms with Crippen LogP contribution in [-0.4, -0.2) is 37.2 Å². The highest BCUT2D eigenvalue weighted by atomic mass is 16.6. The van der Waals surface area contributed by atoms with Gasteiger partial charge in [0.15, 0.2) is 6.10 Å². The van der Waals surface area contributed by atoms with E-state index in [1.807, 2.05) is 20.8 Å². The second-order valence-corrected chi connectivity index (χ2v) is 6.25. The van der Waals surface area contributed by atoms with Gasteiger partial charge in [0, 0.05) is 0 Å². The van der Waals surface area contributed by atoms with Crippen LogP contribution in [0.2, 0.25) is 0 Å². The summed E-state index contributed by atoms with van der Waals surface area (Å²) in [4.78, 5) is 35.5. The number of esters is 3. The van der Waals surface area contributed by atoms with Crippen molar-refractivity contribution < 1.29 is 28.6 Å². The Labute approximate surface area is 145 Å². The average molecular weight is 344 g/mol. The summed E-state index contributed by atoms with van der Waals surface area (Å²) in [6.45, 7) is 10.7. The van der Waals surface area contributed by atoms with E-state index in [2.05, 4.69) is 0 Å². The van der Waals surface area contributed by atoms with E-state index in [0.29, 0.717) is 19.3 Å². The molecule has 0 heterocycles. The Bertz CT molecular complexity index is 380. The highest BCUT2D eigenvalue weighted by molar-refractivity contribution is 5.73. The first-order valence-corrected chi connectivity index (χ1v) is 8.80. The van der Waals surface area contributed by atoms with E-state index in [0.717, 1.165) is 0 Å². The minimum Gasteiger partial charge on any atom is -0.461 e. The van der Waals surface area contributed by atoms with Gasteiger partial charge in [-0.1, -0.05) is 41.5 Å². The lowest BCUT2D eigenvalue weighted by atomic mass is 10.1. The van der Waals surface area contributed by atoms with Crippen molar-refractivity contribution in [1.82, 2.24) is 0 Å².